The SMILES string of the molecule is CC(=O)O[C@@H]1[C@@H](O[C@@H]2CO[C@@H](O)[C@H](OC(C)=O)[C@H]2OC(C)=O)O[C@H](COCc2ccccc2)[C@@H](O)[C@@H]1OC(C)=O. The van der Waals surface area contributed by atoms with Gasteiger partial charge in [0, 0.05) is 27.7 Å². The summed E-state index contributed by atoms with van der Waals surface area (Å²) in [5.41, 5.74) is 0.855. The largest absolute Gasteiger partial charge is 0.455 e. The van der Waals surface area contributed by atoms with Crippen molar-refractivity contribution in [2.45, 2.75) is 89.6 Å². The number of hydrogen-bond acceptors (Lipinski definition) is 14. The van der Waals surface area contributed by atoms with Crippen LogP contribution in [0.4, 0.5) is 0 Å². The van der Waals surface area contributed by atoms with E-state index in [0.29, 0.717) is 0 Å². The van der Waals surface area contributed by atoms with Crippen molar-refractivity contribution in [3.8, 4) is 0 Å². The lowest BCUT2D eigenvalue weighted by molar-refractivity contribution is -0.343. The minimum Gasteiger partial charge on any atom is -0.455 e. The zero-order valence-corrected chi connectivity index (χ0v) is 22.5. The molecule has 0 unspecified atom stereocenters. The molecule has 0 spiro atoms. The van der Waals surface area contributed by atoms with Crippen molar-refractivity contribution in [3.63, 3.8) is 0 Å². The van der Waals surface area contributed by atoms with Gasteiger partial charge in [0.15, 0.2) is 37.0 Å². The number of carbonyl (C=O) groups excluding carboxylic acids is 4. The normalized spacial score (nSPS) is 32.0. The number of carbonyl (C=O) groups is 4. The number of ether oxygens (including phenoxy) is 8. The molecule has 222 valence electrons. The molecule has 3 rings (SSSR count). The smallest absolute Gasteiger partial charge is 0.303 e. The monoisotopic (exact) mass is 570 g/mol. The lowest BCUT2D eigenvalue weighted by Crippen LogP contribution is -2.64. The van der Waals surface area contributed by atoms with E-state index in [-0.39, 0.29) is 19.8 Å². The topological polar surface area (TPSA) is 183 Å². The Morgan fingerprint density at radius 1 is 0.800 bits per heavy atom. The van der Waals surface area contributed by atoms with Crippen LogP contribution in [0.1, 0.15) is 33.3 Å². The van der Waals surface area contributed by atoms with Crippen LogP contribution in [0.2, 0.25) is 0 Å². The van der Waals surface area contributed by atoms with Crippen LogP contribution in [0, 0.1) is 0 Å². The van der Waals surface area contributed by atoms with Crippen LogP contribution < -0.4 is 0 Å². The van der Waals surface area contributed by atoms with Gasteiger partial charge in [-0.15, -0.1) is 0 Å². The van der Waals surface area contributed by atoms with E-state index >= 15 is 0 Å². The Labute approximate surface area is 230 Å². The number of hydrogen-bond donors (Lipinski definition) is 2. The first-order valence-electron chi connectivity index (χ1n) is 12.6. The summed E-state index contributed by atoms with van der Waals surface area (Å²) in [4.78, 5) is 47.4. The average molecular weight is 571 g/mol. The highest BCUT2D eigenvalue weighted by Crippen LogP contribution is 2.31. The first-order valence-corrected chi connectivity index (χ1v) is 12.6. The highest BCUT2D eigenvalue weighted by atomic mass is 16.7. The van der Waals surface area contributed by atoms with Gasteiger partial charge in [-0.25, -0.2) is 0 Å². The average Bonchev–Trinajstić information content (AvgIpc) is 2.87. The van der Waals surface area contributed by atoms with Crippen LogP contribution in [0.25, 0.3) is 0 Å². The van der Waals surface area contributed by atoms with Crippen LogP contribution in [0.3, 0.4) is 0 Å². The summed E-state index contributed by atoms with van der Waals surface area (Å²) in [6.45, 7) is 4.05. The van der Waals surface area contributed by atoms with E-state index in [9.17, 15) is 29.4 Å². The minimum absolute atomic E-state index is 0.177. The molecule has 40 heavy (non-hydrogen) atoms. The molecule has 9 atom stereocenters. The third-order valence-electron chi connectivity index (χ3n) is 5.93. The van der Waals surface area contributed by atoms with Gasteiger partial charge >= 0.3 is 23.9 Å². The van der Waals surface area contributed by atoms with Crippen LogP contribution in [-0.4, -0.2) is 103 Å². The van der Waals surface area contributed by atoms with Crippen LogP contribution in [0.15, 0.2) is 30.3 Å². The second kappa shape index (κ2) is 14.5. The van der Waals surface area contributed by atoms with Crippen molar-refractivity contribution in [2.24, 2.45) is 0 Å². The maximum atomic E-state index is 12.0. The predicted octanol–water partition coefficient (Wildman–Crippen LogP) is -0.250. The van der Waals surface area contributed by atoms with Crippen molar-refractivity contribution >= 4 is 23.9 Å². The van der Waals surface area contributed by atoms with Gasteiger partial charge in [-0.05, 0) is 5.56 Å². The molecule has 0 amide bonds. The highest BCUT2D eigenvalue weighted by molar-refractivity contribution is 5.68. The molecule has 14 nitrogen and oxygen atoms in total. The number of rotatable bonds is 10. The summed E-state index contributed by atoms with van der Waals surface area (Å²) >= 11 is 0. The lowest BCUT2D eigenvalue weighted by atomic mass is 9.98. The molecule has 0 saturated carbocycles. The molecule has 1 aromatic carbocycles. The fourth-order valence-electron chi connectivity index (χ4n) is 4.35. The van der Waals surface area contributed by atoms with E-state index in [2.05, 4.69) is 0 Å². The van der Waals surface area contributed by atoms with E-state index < -0.39 is 79.2 Å². The Kier molecular flexibility index (Phi) is 11.4. The second-order valence-electron chi connectivity index (χ2n) is 9.23. The highest BCUT2D eigenvalue weighted by Gasteiger charge is 2.53. The molecule has 0 radical (unpaired) electrons. The Balaban J connectivity index is 1.87. The standard InChI is InChI=1S/C26H34O14/c1-13(27)35-21-19(12-34-25(32)23(21)37-15(3)29)40-26-24(38-16(4)30)22(36-14(2)28)20(31)18(39-26)11-33-10-17-8-6-5-7-9-17/h5-9,18-26,31-32H,10-12H2,1-4H3/t18-,19-,20-,21+,22+,23-,24+,25-,26-/m1/s1. The van der Waals surface area contributed by atoms with Gasteiger partial charge in [0.05, 0.1) is 19.8 Å². The summed E-state index contributed by atoms with van der Waals surface area (Å²) in [7, 11) is 0. The Morgan fingerprint density at radius 2 is 1.35 bits per heavy atom. The van der Waals surface area contributed by atoms with E-state index in [1.807, 2.05) is 30.3 Å². The maximum absolute atomic E-state index is 12.0. The van der Waals surface area contributed by atoms with Crippen molar-refractivity contribution in [3.05, 3.63) is 35.9 Å². The Morgan fingerprint density at radius 3 is 1.95 bits per heavy atom. The van der Waals surface area contributed by atoms with E-state index in [1.54, 1.807) is 0 Å². The molecule has 14 heteroatoms. The van der Waals surface area contributed by atoms with Crippen LogP contribution in [0.5, 0.6) is 0 Å². The molecular weight excluding hydrogens is 536 g/mol. The number of aliphatic hydroxyl groups excluding tert-OH is 2. The fourth-order valence-corrected chi connectivity index (χ4v) is 4.35. The summed E-state index contributed by atoms with van der Waals surface area (Å²) in [6, 6.07) is 9.20. The Bertz CT molecular complexity index is 1020. The van der Waals surface area contributed by atoms with Crippen LogP contribution in [-0.2, 0) is 63.7 Å². The predicted molar refractivity (Wildman–Crippen MR) is 130 cm³/mol. The zero-order valence-electron chi connectivity index (χ0n) is 22.5. The van der Waals surface area contributed by atoms with E-state index in [4.69, 9.17) is 37.9 Å². The third kappa shape index (κ3) is 8.68. The summed E-state index contributed by atoms with van der Waals surface area (Å²) in [5, 5.41) is 21.3. The van der Waals surface area contributed by atoms with Crippen molar-refractivity contribution in [1.29, 1.82) is 0 Å². The quantitative estimate of drug-likeness (QED) is 0.277. The van der Waals surface area contributed by atoms with Crippen molar-refractivity contribution < 1.29 is 67.3 Å². The molecule has 1 aromatic rings. The molecule has 0 bridgehead atoms. The molecular formula is C26H34O14. The second-order valence-corrected chi connectivity index (χ2v) is 9.23. The molecule has 0 aliphatic carbocycles. The van der Waals surface area contributed by atoms with Gasteiger partial charge in [0.25, 0.3) is 0 Å². The maximum Gasteiger partial charge on any atom is 0.303 e. The van der Waals surface area contributed by atoms with Crippen molar-refractivity contribution in [2.75, 3.05) is 13.2 Å². The van der Waals surface area contributed by atoms with Gasteiger partial charge in [0.1, 0.15) is 18.3 Å². The summed E-state index contributed by atoms with van der Waals surface area (Å²) in [6.07, 6.45) is -12.7. The van der Waals surface area contributed by atoms with Crippen LogP contribution >= 0.6 is 0 Å². The molecule has 2 saturated heterocycles. The van der Waals surface area contributed by atoms with Gasteiger partial charge in [0.2, 0.25) is 0 Å². The van der Waals surface area contributed by atoms with Gasteiger partial charge < -0.3 is 48.1 Å². The molecule has 2 heterocycles. The molecule has 2 N–H and O–H groups in total. The summed E-state index contributed by atoms with van der Waals surface area (Å²) < 4.78 is 44.0. The lowest BCUT2D eigenvalue weighted by Gasteiger charge is -2.46. The zero-order chi connectivity index (χ0) is 29.4. The molecule has 2 aliphatic rings. The Hall–Kier alpha value is -3.14. The molecule has 0 aromatic heterocycles. The van der Waals surface area contributed by atoms with E-state index in [0.717, 1.165) is 33.3 Å². The van der Waals surface area contributed by atoms with Gasteiger partial charge in [-0.3, -0.25) is 19.2 Å². The number of aliphatic hydroxyl groups is 2. The van der Waals surface area contributed by atoms with E-state index in [1.165, 1.54) is 0 Å². The third-order valence-corrected chi connectivity index (χ3v) is 5.93. The number of esters is 4. The molecule has 2 fully saturated rings. The fraction of sp³-hybridized carbons (Fsp3) is 0.615. The molecule has 2 aliphatic heterocycles. The first-order chi connectivity index (χ1) is 19.0. The summed E-state index contributed by atoms with van der Waals surface area (Å²) in [5.74, 6) is -3.13. The van der Waals surface area contributed by atoms with Gasteiger partial charge in [-0.1, -0.05) is 30.3 Å². The number of benzene rings is 1. The van der Waals surface area contributed by atoms with Gasteiger partial charge in [-0.2, -0.15) is 0 Å². The van der Waals surface area contributed by atoms with Crippen molar-refractivity contribution in [1.82, 2.24) is 0 Å². The first kappa shape index (κ1) is 31.4. The minimum atomic E-state index is -1.64.